The minimum absolute atomic E-state index is 0.358. The summed E-state index contributed by atoms with van der Waals surface area (Å²) < 4.78 is 0. The zero-order valence-electron chi connectivity index (χ0n) is 12.8. The van der Waals surface area contributed by atoms with Crippen LogP contribution in [0.1, 0.15) is 54.4 Å². The van der Waals surface area contributed by atoms with Crippen LogP contribution in [0.4, 0.5) is 0 Å². The number of hydrogen-bond donors (Lipinski definition) is 1. The first-order valence-corrected chi connectivity index (χ1v) is 7.62. The van der Waals surface area contributed by atoms with Crippen LogP contribution in [0.15, 0.2) is 21.2 Å². The summed E-state index contributed by atoms with van der Waals surface area (Å²) in [5.41, 5.74) is 1.35. The molecule has 4 heteroatoms. The average Bonchev–Trinajstić information content (AvgIpc) is 2.50. The first-order chi connectivity index (χ1) is 8.70. The van der Waals surface area contributed by atoms with Gasteiger partial charge in [-0.15, -0.1) is 0 Å². The van der Waals surface area contributed by atoms with Crippen molar-refractivity contribution in [3.05, 3.63) is 21.2 Å². The molecule has 0 aromatic carbocycles. The second-order valence-corrected chi connectivity index (χ2v) is 7.19. The summed E-state index contributed by atoms with van der Waals surface area (Å²) in [5.74, 6) is -0.806. The van der Waals surface area contributed by atoms with Crippen LogP contribution in [-0.2, 0) is 4.79 Å². The number of thioether (sulfide) groups is 1. The lowest BCUT2D eigenvalue weighted by atomic mass is 9.87. The number of allylic oxidation sites excluding steroid dienone is 2. The summed E-state index contributed by atoms with van der Waals surface area (Å²) in [7, 11) is 0. The van der Waals surface area contributed by atoms with Gasteiger partial charge in [0.05, 0.1) is 10.6 Å². The highest BCUT2D eigenvalue weighted by atomic mass is 32.2. The molecule has 0 saturated carbocycles. The molecular weight excluding hydrogens is 258 g/mol. The standard InChI is InChI=1S/C15H25NO2S/c1-7-8-9-16-10(2)11(3)19-13(16)12(14(17)18)15(4,5)6/h7-9H2,1-6H3,(H,17,18)/b13-12+. The molecule has 0 unspecified atom stereocenters. The summed E-state index contributed by atoms with van der Waals surface area (Å²) in [6.07, 6.45) is 2.18. The second-order valence-electron chi connectivity index (χ2n) is 5.98. The summed E-state index contributed by atoms with van der Waals surface area (Å²) >= 11 is 1.60. The molecular formula is C15H25NO2S. The minimum atomic E-state index is -0.806. The van der Waals surface area contributed by atoms with E-state index >= 15 is 0 Å². The lowest BCUT2D eigenvalue weighted by molar-refractivity contribution is -0.133. The Morgan fingerprint density at radius 3 is 2.32 bits per heavy atom. The van der Waals surface area contributed by atoms with Gasteiger partial charge in [-0.25, -0.2) is 4.79 Å². The van der Waals surface area contributed by atoms with Gasteiger partial charge in [-0.05, 0) is 25.7 Å². The third-order valence-electron chi connectivity index (χ3n) is 3.32. The van der Waals surface area contributed by atoms with E-state index in [1.807, 2.05) is 20.8 Å². The Kier molecular flexibility index (Phi) is 5.13. The summed E-state index contributed by atoms with van der Waals surface area (Å²) in [6, 6.07) is 0. The summed E-state index contributed by atoms with van der Waals surface area (Å²) in [6.45, 7) is 13.1. The highest BCUT2D eigenvalue weighted by molar-refractivity contribution is 8.06. The maximum atomic E-state index is 11.6. The third kappa shape index (κ3) is 3.56. The molecule has 0 bridgehead atoms. The first-order valence-electron chi connectivity index (χ1n) is 6.81. The third-order valence-corrected chi connectivity index (χ3v) is 4.54. The Balaban J connectivity index is 3.25. The van der Waals surface area contributed by atoms with Crippen LogP contribution in [0.2, 0.25) is 0 Å². The van der Waals surface area contributed by atoms with Gasteiger partial charge < -0.3 is 10.0 Å². The summed E-state index contributed by atoms with van der Waals surface area (Å²) in [4.78, 5) is 15.0. The van der Waals surface area contributed by atoms with E-state index in [0.717, 1.165) is 24.4 Å². The second kappa shape index (κ2) is 6.04. The quantitative estimate of drug-likeness (QED) is 0.775. The van der Waals surface area contributed by atoms with Crippen molar-refractivity contribution in [2.75, 3.05) is 6.54 Å². The van der Waals surface area contributed by atoms with E-state index in [0.29, 0.717) is 5.57 Å². The number of nitrogens with zero attached hydrogens (tertiary/aromatic N) is 1. The molecule has 0 radical (unpaired) electrons. The molecule has 1 aliphatic rings. The molecule has 0 amide bonds. The summed E-state index contributed by atoms with van der Waals surface area (Å²) in [5, 5.41) is 10.5. The molecule has 1 rings (SSSR count). The van der Waals surface area contributed by atoms with Crippen molar-refractivity contribution < 1.29 is 9.90 Å². The van der Waals surface area contributed by atoms with Gasteiger partial charge >= 0.3 is 5.97 Å². The number of carboxylic acid groups (broad SMARTS) is 1. The van der Waals surface area contributed by atoms with Crippen LogP contribution >= 0.6 is 11.8 Å². The van der Waals surface area contributed by atoms with Crippen molar-refractivity contribution in [1.82, 2.24) is 4.90 Å². The topological polar surface area (TPSA) is 40.5 Å². The van der Waals surface area contributed by atoms with Crippen molar-refractivity contribution in [3.63, 3.8) is 0 Å². The fraction of sp³-hybridized carbons (Fsp3) is 0.667. The van der Waals surface area contributed by atoms with E-state index in [-0.39, 0.29) is 5.41 Å². The van der Waals surface area contributed by atoms with Gasteiger partial charge in [0.1, 0.15) is 0 Å². The number of hydrogen-bond acceptors (Lipinski definition) is 3. The number of aliphatic carboxylic acids is 1. The van der Waals surface area contributed by atoms with Crippen molar-refractivity contribution >= 4 is 17.7 Å². The number of carbonyl (C=O) groups is 1. The number of unbranched alkanes of at least 4 members (excludes halogenated alkanes) is 1. The maximum Gasteiger partial charge on any atom is 0.334 e. The predicted octanol–water partition coefficient (Wildman–Crippen LogP) is 4.43. The zero-order chi connectivity index (χ0) is 14.8. The monoisotopic (exact) mass is 283 g/mol. The van der Waals surface area contributed by atoms with Gasteiger partial charge in [-0.2, -0.15) is 0 Å². The highest BCUT2D eigenvalue weighted by Crippen LogP contribution is 2.45. The molecule has 0 spiro atoms. The lowest BCUT2D eigenvalue weighted by Gasteiger charge is -2.28. The van der Waals surface area contributed by atoms with E-state index in [1.54, 1.807) is 11.8 Å². The average molecular weight is 283 g/mol. The molecule has 0 fully saturated rings. The Bertz CT molecular complexity index is 430. The van der Waals surface area contributed by atoms with E-state index < -0.39 is 5.97 Å². The zero-order valence-corrected chi connectivity index (χ0v) is 13.6. The van der Waals surface area contributed by atoms with Gasteiger partial charge in [0.15, 0.2) is 0 Å². The normalized spacial score (nSPS) is 19.2. The molecule has 0 aromatic rings. The van der Waals surface area contributed by atoms with E-state index in [2.05, 4.69) is 25.7 Å². The smallest absolute Gasteiger partial charge is 0.334 e. The van der Waals surface area contributed by atoms with Crippen LogP contribution in [-0.4, -0.2) is 22.5 Å². The molecule has 0 atom stereocenters. The molecule has 19 heavy (non-hydrogen) atoms. The van der Waals surface area contributed by atoms with E-state index in [9.17, 15) is 9.90 Å². The molecule has 108 valence electrons. The van der Waals surface area contributed by atoms with Gasteiger partial charge in [0.2, 0.25) is 0 Å². The fourth-order valence-corrected chi connectivity index (χ4v) is 3.50. The molecule has 0 saturated heterocycles. The molecule has 1 heterocycles. The number of carboxylic acids is 1. The van der Waals surface area contributed by atoms with Crippen LogP contribution in [0.5, 0.6) is 0 Å². The SMILES string of the molecule is CCCCN1C(C)=C(C)S/C1=C(\C(=O)O)C(C)(C)C. The van der Waals surface area contributed by atoms with E-state index in [1.165, 1.54) is 10.6 Å². The van der Waals surface area contributed by atoms with Gasteiger partial charge in [0.25, 0.3) is 0 Å². The molecule has 3 nitrogen and oxygen atoms in total. The largest absolute Gasteiger partial charge is 0.478 e. The molecule has 1 N–H and O–H groups in total. The van der Waals surface area contributed by atoms with Crippen LogP contribution < -0.4 is 0 Å². The molecule has 1 aliphatic heterocycles. The minimum Gasteiger partial charge on any atom is -0.478 e. The van der Waals surface area contributed by atoms with Crippen molar-refractivity contribution in [3.8, 4) is 0 Å². The van der Waals surface area contributed by atoms with Gasteiger partial charge in [0, 0.05) is 17.1 Å². The van der Waals surface area contributed by atoms with E-state index in [4.69, 9.17) is 0 Å². The Labute approximate surface area is 120 Å². The Morgan fingerprint density at radius 1 is 1.32 bits per heavy atom. The Morgan fingerprint density at radius 2 is 1.89 bits per heavy atom. The fourth-order valence-electron chi connectivity index (χ4n) is 2.12. The lowest BCUT2D eigenvalue weighted by Crippen LogP contribution is -2.26. The van der Waals surface area contributed by atoms with Crippen LogP contribution in [0.3, 0.4) is 0 Å². The molecule has 0 aliphatic carbocycles. The molecule has 0 aromatic heterocycles. The van der Waals surface area contributed by atoms with Crippen molar-refractivity contribution in [1.29, 1.82) is 0 Å². The van der Waals surface area contributed by atoms with Crippen LogP contribution in [0, 0.1) is 5.41 Å². The Hall–Kier alpha value is -0.900. The van der Waals surface area contributed by atoms with Gasteiger partial charge in [-0.1, -0.05) is 45.9 Å². The maximum absolute atomic E-state index is 11.6. The van der Waals surface area contributed by atoms with Gasteiger partial charge in [-0.3, -0.25) is 0 Å². The highest BCUT2D eigenvalue weighted by Gasteiger charge is 2.34. The number of rotatable bonds is 4. The van der Waals surface area contributed by atoms with Crippen molar-refractivity contribution in [2.24, 2.45) is 5.41 Å². The van der Waals surface area contributed by atoms with Crippen LogP contribution in [0.25, 0.3) is 0 Å². The predicted molar refractivity (Wildman–Crippen MR) is 81.7 cm³/mol. The first kappa shape index (κ1) is 16.2. The van der Waals surface area contributed by atoms with Crippen molar-refractivity contribution in [2.45, 2.75) is 54.4 Å².